The number of carboxylic acids is 1. The largest absolute Gasteiger partial charge is 0.481 e. The first-order chi connectivity index (χ1) is 8.19. The topological polar surface area (TPSA) is 64.3 Å². The molecule has 88 valence electrons. The second-order valence-electron chi connectivity index (χ2n) is 4.16. The summed E-state index contributed by atoms with van der Waals surface area (Å²) in [5, 5.41) is 18.3. The Labute approximate surface area is 100 Å². The van der Waals surface area contributed by atoms with Crippen LogP contribution >= 0.6 is 0 Å². The van der Waals surface area contributed by atoms with Crippen molar-refractivity contribution in [2.24, 2.45) is 0 Å². The fourth-order valence-electron chi connectivity index (χ4n) is 2.32. The molecule has 0 spiro atoms. The number of rotatable bonds is 3. The number of aliphatic carboxylic acids is 1. The molecule has 1 aliphatic heterocycles. The Kier molecular flexibility index (Phi) is 3.01. The fraction of sp³-hybridized carbons (Fsp3) is 0.385. The van der Waals surface area contributed by atoms with Gasteiger partial charge in [0.25, 0.3) is 0 Å². The highest BCUT2D eigenvalue weighted by molar-refractivity contribution is 5.83. The molecular formula is C13H14N2O2. The lowest BCUT2D eigenvalue weighted by atomic mass is 10.0. The lowest BCUT2D eigenvalue weighted by Gasteiger charge is -2.24. The van der Waals surface area contributed by atoms with Gasteiger partial charge in [-0.15, -0.1) is 0 Å². The van der Waals surface area contributed by atoms with Crippen molar-refractivity contribution in [2.45, 2.75) is 25.3 Å². The van der Waals surface area contributed by atoms with Crippen molar-refractivity contribution in [1.82, 2.24) is 0 Å². The third-order valence-electron chi connectivity index (χ3n) is 3.21. The van der Waals surface area contributed by atoms with Crippen LogP contribution in [0.25, 0.3) is 0 Å². The van der Waals surface area contributed by atoms with Gasteiger partial charge in [0.1, 0.15) is 12.0 Å². The quantitative estimate of drug-likeness (QED) is 0.862. The molecule has 1 aromatic carbocycles. The van der Waals surface area contributed by atoms with Crippen molar-refractivity contribution >= 4 is 11.7 Å². The normalized spacial score (nSPS) is 19.5. The average Bonchev–Trinajstić information content (AvgIpc) is 2.71. The van der Waals surface area contributed by atoms with Gasteiger partial charge in [-0.3, -0.25) is 4.79 Å². The van der Waals surface area contributed by atoms with Crippen LogP contribution in [-0.4, -0.2) is 23.7 Å². The smallest absolute Gasteiger partial charge is 0.312 e. The highest BCUT2D eigenvalue weighted by atomic mass is 16.4. The van der Waals surface area contributed by atoms with Gasteiger partial charge in [0.15, 0.2) is 0 Å². The molecule has 1 N–H and O–H groups in total. The van der Waals surface area contributed by atoms with Crippen LogP contribution in [0, 0.1) is 11.3 Å². The van der Waals surface area contributed by atoms with E-state index in [0.717, 1.165) is 11.3 Å². The number of anilines is 1. The van der Waals surface area contributed by atoms with Crippen LogP contribution in [-0.2, 0) is 4.79 Å². The van der Waals surface area contributed by atoms with Gasteiger partial charge in [0.05, 0.1) is 6.07 Å². The molecule has 0 aromatic heterocycles. The number of hydrogen-bond acceptors (Lipinski definition) is 3. The van der Waals surface area contributed by atoms with Gasteiger partial charge in [0, 0.05) is 12.2 Å². The lowest BCUT2D eigenvalue weighted by Crippen LogP contribution is -2.33. The Morgan fingerprint density at radius 3 is 2.94 bits per heavy atom. The third-order valence-corrected chi connectivity index (χ3v) is 3.21. The molecule has 0 aliphatic carbocycles. The average molecular weight is 230 g/mol. The molecule has 2 rings (SSSR count). The molecule has 0 saturated carbocycles. The zero-order valence-electron chi connectivity index (χ0n) is 9.63. The van der Waals surface area contributed by atoms with E-state index in [4.69, 9.17) is 5.26 Å². The Hall–Kier alpha value is -2.02. The molecule has 2 atom stereocenters. The summed E-state index contributed by atoms with van der Waals surface area (Å²) in [4.78, 5) is 13.1. The van der Waals surface area contributed by atoms with Gasteiger partial charge in [-0.1, -0.05) is 25.1 Å². The minimum absolute atomic E-state index is 0.250. The van der Waals surface area contributed by atoms with Crippen LogP contribution in [0.5, 0.6) is 0 Å². The first-order valence-electron chi connectivity index (χ1n) is 5.67. The van der Waals surface area contributed by atoms with Gasteiger partial charge in [0.2, 0.25) is 0 Å². The third kappa shape index (κ3) is 1.84. The summed E-state index contributed by atoms with van der Waals surface area (Å²) < 4.78 is 0. The Morgan fingerprint density at radius 2 is 2.35 bits per heavy atom. The second kappa shape index (κ2) is 4.46. The maximum atomic E-state index is 11.2. The van der Waals surface area contributed by atoms with Crippen LogP contribution in [0.2, 0.25) is 0 Å². The molecule has 0 fully saturated rings. The van der Waals surface area contributed by atoms with E-state index in [-0.39, 0.29) is 6.04 Å². The van der Waals surface area contributed by atoms with E-state index in [1.54, 1.807) is 0 Å². The molecule has 1 aliphatic rings. The molecule has 0 amide bonds. The zero-order valence-corrected chi connectivity index (χ0v) is 9.63. The number of benzene rings is 1. The lowest BCUT2D eigenvalue weighted by molar-refractivity contribution is -0.138. The highest BCUT2D eigenvalue weighted by Crippen LogP contribution is 2.37. The monoisotopic (exact) mass is 230 g/mol. The molecule has 17 heavy (non-hydrogen) atoms. The maximum absolute atomic E-state index is 11.2. The first kappa shape index (κ1) is 11.5. The van der Waals surface area contributed by atoms with Crippen LogP contribution < -0.4 is 4.90 Å². The predicted molar refractivity (Wildman–Crippen MR) is 63.9 cm³/mol. The molecule has 0 saturated heterocycles. The number of nitriles is 1. The van der Waals surface area contributed by atoms with E-state index in [9.17, 15) is 9.90 Å². The second-order valence-corrected chi connectivity index (χ2v) is 4.16. The van der Waals surface area contributed by atoms with Crippen molar-refractivity contribution in [3.8, 4) is 6.07 Å². The number of fused-ring (bicyclic) bond motifs is 1. The van der Waals surface area contributed by atoms with E-state index in [1.807, 2.05) is 36.1 Å². The number of carboxylic acid groups (broad SMARTS) is 1. The van der Waals surface area contributed by atoms with Crippen molar-refractivity contribution in [3.63, 3.8) is 0 Å². The zero-order chi connectivity index (χ0) is 12.4. The standard InChI is InChI=1S/C13H14N2O2/c1-2-9(7-14)15-8-11(13(16)17)10-5-3-4-6-12(10)15/h3-6,9,11H,2,8H2,1H3,(H,16,17). The van der Waals surface area contributed by atoms with Crippen molar-refractivity contribution in [3.05, 3.63) is 29.8 Å². The Bertz CT molecular complexity index is 479. The Morgan fingerprint density at radius 1 is 1.65 bits per heavy atom. The van der Waals surface area contributed by atoms with E-state index in [2.05, 4.69) is 6.07 Å². The van der Waals surface area contributed by atoms with Crippen LogP contribution in [0.15, 0.2) is 24.3 Å². The van der Waals surface area contributed by atoms with Gasteiger partial charge in [-0.05, 0) is 18.1 Å². The number of para-hydroxylation sites is 1. The van der Waals surface area contributed by atoms with Gasteiger partial charge >= 0.3 is 5.97 Å². The molecule has 4 nitrogen and oxygen atoms in total. The fourth-order valence-corrected chi connectivity index (χ4v) is 2.32. The minimum atomic E-state index is -0.826. The maximum Gasteiger partial charge on any atom is 0.312 e. The minimum Gasteiger partial charge on any atom is -0.481 e. The van der Waals surface area contributed by atoms with E-state index < -0.39 is 11.9 Å². The van der Waals surface area contributed by atoms with E-state index in [0.29, 0.717) is 13.0 Å². The molecule has 4 heteroatoms. The summed E-state index contributed by atoms with van der Waals surface area (Å²) in [5.41, 5.74) is 1.70. The van der Waals surface area contributed by atoms with Crippen LogP contribution in [0.1, 0.15) is 24.8 Å². The molecular weight excluding hydrogens is 216 g/mol. The number of hydrogen-bond donors (Lipinski definition) is 1. The van der Waals surface area contributed by atoms with Crippen LogP contribution in [0.4, 0.5) is 5.69 Å². The summed E-state index contributed by atoms with van der Waals surface area (Å²) in [7, 11) is 0. The first-order valence-corrected chi connectivity index (χ1v) is 5.67. The Balaban J connectivity index is 2.42. The molecule has 0 bridgehead atoms. The van der Waals surface area contributed by atoms with Gasteiger partial charge in [-0.2, -0.15) is 5.26 Å². The highest BCUT2D eigenvalue weighted by Gasteiger charge is 2.35. The summed E-state index contributed by atoms with van der Waals surface area (Å²) >= 11 is 0. The number of nitrogens with zero attached hydrogens (tertiary/aromatic N) is 2. The molecule has 0 radical (unpaired) electrons. The van der Waals surface area contributed by atoms with E-state index >= 15 is 0 Å². The van der Waals surface area contributed by atoms with E-state index in [1.165, 1.54) is 0 Å². The van der Waals surface area contributed by atoms with Gasteiger partial charge < -0.3 is 10.0 Å². The predicted octanol–water partition coefficient (Wildman–Crippen LogP) is 1.98. The molecule has 1 heterocycles. The van der Waals surface area contributed by atoms with Crippen molar-refractivity contribution in [1.29, 1.82) is 5.26 Å². The molecule has 2 unspecified atom stereocenters. The van der Waals surface area contributed by atoms with Crippen molar-refractivity contribution < 1.29 is 9.90 Å². The summed E-state index contributed by atoms with van der Waals surface area (Å²) in [5.74, 6) is -1.35. The summed E-state index contributed by atoms with van der Waals surface area (Å²) in [6, 6.07) is 9.41. The molecule has 1 aromatic rings. The SMILES string of the molecule is CCC(C#N)N1CC(C(=O)O)c2ccccc21. The van der Waals surface area contributed by atoms with Crippen LogP contribution in [0.3, 0.4) is 0 Å². The van der Waals surface area contributed by atoms with Crippen molar-refractivity contribution in [2.75, 3.05) is 11.4 Å². The summed E-state index contributed by atoms with van der Waals surface area (Å²) in [6.45, 7) is 2.32. The summed E-state index contributed by atoms with van der Waals surface area (Å²) in [6.07, 6.45) is 0.692. The number of carbonyl (C=O) groups is 1. The van der Waals surface area contributed by atoms with Gasteiger partial charge in [-0.25, -0.2) is 0 Å².